The van der Waals surface area contributed by atoms with Gasteiger partial charge in [-0.1, -0.05) is 28.4 Å². The van der Waals surface area contributed by atoms with Gasteiger partial charge in [-0.3, -0.25) is 4.79 Å². The Kier molecular flexibility index (Phi) is 4.63. The van der Waals surface area contributed by atoms with Crippen LogP contribution < -0.4 is 5.32 Å². The molecule has 0 saturated carbocycles. The van der Waals surface area contributed by atoms with E-state index in [-0.39, 0.29) is 28.6 Å². The molecule has 5 nitrogen and oxygen atoms in total. The van der Waals surface area contributed by atoms with Crippen LogP contribution in [0.3, 0.4) is 0 Å². The zero-order valence-corrected chi connectivity index (χ0v) is 11.8. The summed E-state index contributed by atoms with van der Waals surface area (Å²) in [7, 11) is 0. The van der Waals surface area contributed by atoms with Crippen LogP contribution in [0.1, 0.15) is 21.8 Å². The van der Waals surface area contributed by atoms with Crippen molar-refractivity contribution in [3.63, 3.8) is 0 Å². The standard InChI is InChI=1S/C11H8Cl3N3O2/c12-4-7-3-8(19-17-7)5-15-11(18)6-1-9(13)16-10(14)2-6/h1-3H,4-5H2,(H,15,18). The van der Waals surface area contributed by atoms with Crippen molar-refractivity contribution in [1.82, 2.24) is 15.5 Å². The molecule has 100 valence electrons. The fraction of sp³-hybridized carbons (Fsp3) is 0.182. The maximum absolute atomic E-state index is 11.9. The van der Waals surface area contributed by atoms with E-state index in [9.17, 15) is 4.79 Å². The van der Waals surface area contributed by atoms with E-state index >= 15 is 0 Å². The molecule has 0 atom stereocenters. The summed E-state index contributed by atoms with van der Waals surface area (Å²) in [6.45, 7) is 0.195. The molecule has 0 aliphatic heterocycles. The summed E-state index contributed by atoms with van der Waals surface area (Å²) >= 11 is 17.0. The smallest absolute Gasteiger partial charge is 0.251 e. The molecule has 2 aromatic heterocycles. The van der Waals surface area contributed by atoms with Crippen molar-refractivity contribution in [1.29, 1.82) is 0 Å². The van der Waals surface area contributed by atoms with Crippen LogP contribution in [0.25, 0.3) is 0 Å². The first-order chi connectivity index (χ1) is 9.08. The van der Waals surface area contributed by atoms with Crippen LogP contribution in [0.4, 0.5) is 0 Å². The number of nitrogens with zero attached hydrogens (tertiary/aromatic N) is 2. The number of carbonyl (C=O) groups excluding carboxylic acids is 1. The minimum absolute atomic E-state index is 0.154. The molecule has 2 rings (SSSR count). The Morgan fingerprint density at radius 1 is 1.26 bits per heavy atom. The van der Waals surface area contributed by atoms with Gasteiger partial charge in [-0.15, -0.1) is 11.6 Å². The molecule has 0 aliphatic carbocycles. The van der Waals surface area contributed by atoms with E-state index in [2.05, 4.69) is 15.5 Å². The summed E-state index contributed by atoms with van der Waals surface area (Å²) in [5.41, 5.74) is 0.933. The molecule has 0 aromatic carbocycles. The van der Waals surface area contributed by atoms with Gasteiger partial charge in [0.05, 0.1) is 18.1 Å². The average Bonchev–Trinajstić information content (AvgIpc) is 2.82. The van der Waals surface area contributed by atoms with E-state index in [0.717, 1.165) is 0 Å². The van der Waals surface area contributed by atoms with E-state index in [1.165, 1.54) is 12.1 Å². The molecule has 0 saturated heterocycles. The van der Waals surface area contributed by atoms with Gasteiger partial charge in [0, 0.05) is 11.6 Å². The third-order valence-corrected chi connectivity index (χ3v) is 2.85. The second kappa shape index (κ2) is 6.23. The maximum Gasteiger partial charge on any atom is 0.251 e. The Hall–Kier alpha value is -1.30. The second-order valence-electron chi connectivity index (χ2n) is 3.60. The highest BCUT2D eigenvalue weighted by Crippen LogP contribution is 2.14. The predicted octanol–water partition coefficient (Wildman–Crippen LogP) is 3.05. The molecule has 0 aliphatic rings. The van der Waals surface area contributed by atoms with Crippen LogP contribution in [0.2, 0.25) is 10.3 Å². The lowest BCUT2D eigenvalue weighted by Gasteiger charge is -2.03. The summed E-state index contributed by atoms with van der Waals surface area (Å²) in [6, 6.07) is 4.51. The minimum Gasteiger partial charge on any atom is -0.359 e. The predicted molar refractivity (Wildman–Crippen MR) is 71.5 cm³/mol. The maximum atomic E-state index is 11.9. The van der Waals surface area contributed by atoms with Crippen LogP contribution in [-0.4, -0.2) is 16.0 Å². The van der Waals surface area contributed by atoms with Gasteiger partial charge in [-0.2, -0.15) is 0 Å². The van der Waals surface area contributed by atoms with Crippen LogP contribution >= 0.6 is 34.8 Å². The number of aromatic nitrogens is 2. The van der Waals surface area contributed by atoms with Crippen molar-refractivity contribution in [3.8, 4) is 0 Å². The highest BCUT2D eigenvalue weighted by molar-refractivity contribution is 6.33. The van der Waals surface area contributed by atoms with Gasteiger partial charge in [0.1, 0.15) is 10.3 Å². The Labute approximate surface area is 123 Å². The molecule has 19 heavy (non-hydrogen) atoms. The van der Waals surface area contributed by atoms with Crippen molar-refractivity contribution in [3.05, 3.63) is 45.5 Å². The molecular formula is C11H8Cl3N3O2. The van der Waals surface area contributed by atoms with Gasteiger partial charge >= 0.3 is 0 Å². The van der Waals surface area contributed by atoms with Gasteiger partial charge in [-0.05, 0) is 12.1 Å². The molecule has 0 unspecified atom stereocenters. The van der Waals surface area contributed by atoms with Gasteiger partial charge in [0.25, 0.3) is 5.91 Å². The van der Waals surface area contributed by atoms with Crippen molar-refractivity contribution >= 4 is 40.7 Å². The van der Waals surface area contributed by atoms with Gasteiger partial charge in [-0.25, -0.2) is 4.98 Å². The van der Waals surface area contributed by atoms with Crippen LogP contribution in [0.15, 0.2) is 22.7 Å². The van der Waals surface area contributed by atoms with Crippen molar-refractivity contribution in [2.24, 2.45) is 0 Å². The first-order valence-electron chi connectivity index (χ1n) is 5.20. The molecule has 0 fully saturated rings. The number of hydrogen-bond acceptors (Lipinski definition) is 4. The Morgan fingerprint density at radius 3 is 2.53 bits per heavy atom. The Morgan fingerprint density at radius 2 is 1.95 bits per heavy atom. The molecule has 2 aromatic rings. The van der Waals surface area contributed by atoms with Gasteiger partial charge in [0.15, 0.2) is 5.76 Å². The molecule has 2 heterocycles. The van der Waals surface area contributed by atoms with Crippen LogP contribution in [0, 0.1) is 0 Å². The monoisotopic (exact) mass is 319 g/mol. The average molecular weight is 321 g/mol. The summed E-state index contributed by atoms with van der Waals surface area (Å²) in [5.74, 6) is 0.429. The zero-order valence-electron chi connectivity index (χ0n) is 9.49. The summed E-state index contributed by atoms with van der Waals surface area (Å²) < 4.78 is 4.98. The number of hydrogen-bond donors (Lipinski definition) is 1. The molecule has 0 radical (unpaired) electrons. The molecule has 0 bridgehead atoms. The highest BCUT2D eigenvalue weighted by Gasteiger charge is 2.10. The number of rotatable bonds is 4. The molecule has 1 N–H and O–H groups in total. The van der Waals surface area contributed by atoms with Crippen molar-refractivity contribution < 1.29 is 9.32 Å². The molecule has 1 amide bonds. The molecule has 0 spiro atoms. The summed E-state index contributed by atoms with van der Waals surface area (Å²) in [5, 5.41) is 6.66. The van der Waals surface area contributed by atoms with E-state index in [4.69, 9.17) is 39.3 Å². The summed E-state index contributed by atoms with van der Waals surface area (Å²) in [6.07, 6.45) is 0. The number of amides is 1. The lowest BCUT2D eigenvalue weighted by atomic mass is 10.2. The van der Waals surface area contributed by atoms with E-state index in [1.807, 2.05) is 0 Å². The van der Waals surface area contributed by atoms with Crippen LogP contribution in [-0.2, 0) is 12.4 Å². The normalized spacial score (nSPS) is 10.5. The topological polar surface area (TPSA) is 68.0 Å². The number of nitrogens with one attached hydrogen (secondary N) is 1. The lowest BCUT2D eigenvalue weighted by molar-refractivity contribution is 0.0947. The summed E-state index contributed by atoms with van der Waals surface area (Å²) in [4.78, 5) is 15.6. The third-order valence-electron chi connectivity index (χ3n) is 2.19. The van der Waals surface area contributed by atoms with Crippen molar-refractivity contribution in [2.45, 2.75) is 12.4 Å². The third kappa shape index (κ3) is 3.83. The minimum atomic E-state index is -0.338. The Bertz CT molecular complexity index is 580. The van der Waals surface area contributed by atoms with Gasteiger partial charge < -0.3 is 9.84 Å². The number of alkyl halides is 1. The van der Waals surface area contributed by atoms with Crippen LogP contribution in [0.5, 0.6) is 0 Å². The molecule has 8 heteroatoms. The highest BCUT2D eigenvalue weighted by atomic mass is 35.5. The van der Waals surface area contributed by atoms with E-state index in [1.54, 1.807) is 6.07 Å². The largest absolute Gasteiger partial charge is 0.359 e. The lowest BCUT2D eigenvalue weighted by Crippen LogP contribution is -2.22. The van der Waals surface area contributed by atoms with E-state index in [0.29, 0.717) is 17.0 Å². The first-order valence-corrected chi connectivity index (χ1v) is 6.49. The first kappa shape index (κ1) is 14.1. The Balaban J connectivity index is 2.00. The van der Waals surface area contributed by atoms with E-state index < -0.39 is 0 Å². The quantitative estimate of drug-likeness (QED) is 0.694. The number of halogens is 3. The SMILES string of the molecule is O=C(NCc1cc(CCl)no1)c1cc(Cl)nc(Cl)c1. The fourth-order valence-electron chi connectivity index (χ4n) is 1.37. The molecular weight excluding hydrogens is 312 g/mol. The number of pyridine rings is 1. The fourth-order valence-corrected chi connectivity index (χ4v) is 1.95. The second-order valence-corrected chi connectivity index (χ2v) is 4.64. The van der Waals surface area contributed by atoms with Crippen molar-refractivity contribution in [2.75, 3.05) is 0 Å². The zero-order chi connectivity index (χ0) is 13.8. The number of carbonyl (C=O) groups is 1. The van der Waals surface area contributed by atoms with Gasteiger partial charge in [0.2, 0.25) is 0 Å².